The Bertz CT molecular complexity index is 258. The summed E-state index contributed by atoms with van der Waals surface area (Å²) >= 11 is 1.47. The molecule has 0 aromatic carbocycles. The summed E-state index contributed by atoms with van der Waals surface area (Å²) in [5.41, 5.74) is 0. The Morgan fingerprint density at radius 3 is 2.80 bits per heavy atom. The SMILES string of the molecule is CC(C)CNC(=O)N1CSC[C@H]1C(=O)O. The number of carbonyl (C=O) groups excluding carboxylic acids is 1. The fourth-order valence-electron chi connectivity index (χ4n) is 1.24. The predicted octanol–water partition coefficient (Wildman–Crippen LogP) is 0.812. The van der Waals surface area contributed by atoms with Gasteiger partial charge in [-0.1, -0.05) is 13.8 Å². The molecule has 5 nitrogen and oxygen atoms in total. The maximum absolute atomic E-state index is 11.6. The molecule has 1 heterocycles. The molecule has 2 N–H and O–H groups in total. The average molecular weight is 232 g/mol. The van der Waals surface area contributed by atoms with E-state index in [-0.39, 0.29) is 6.03 Å². The van der Waals surface area contributed by atoms with Gasteiger partial charge in [-0.3, -0.25) is 0 Å². The van der Waals surface area contributed by atoms with E-state index in [1.807, 2.05) is 13.8 Å². The van der Waals surface area contributed by atoms with E-state index < -0.39 is 12.0 Å². The molecule has 15 heavy (non-hydrogen) atoms. The summed E-state index contributed by atoms with van der Waals surface area (Å²) in [7, 11) is 0. The zero-order valence-corrected chi connectivity index (χ0v) is 9.71. The van der Waals surface area contributed by atoms with Gasteiger partial charge in [0.25, 0.3) is 0 Å². The number of rotatable bonds is 3. The minimum atomic E-state index is -0.931. The summed E-state index contributed by atoms with van der Waals surface area (Å²) in [6.07, 6.45) is 0. The summed E-state index contributed by atoms with van der Waals surface area (Å²) < 4.78 is 0. The van der Waals surface area contributed by atoms with Crippen LogP contribution < -0.4 is 5.32 Å². The zero-order valence-electron chi connectivity index (χ0n) is 8.90. The summed E-state index contributed by atoms with van der Waals surface area (Å²) in [5, 5.41) is 11.6. The van der Waals surface area contributed by atoms with Crippen LogP contribution in [0.2, 0.25) is 0 Å². The largest absolute Gasteiger partial charge is 0.480 e. The van der Waals surface area contributed by atoms with E-state index in [2.05, 4.69) is 5.32 Å². The molecule has 0 spiro atoms. The van der Waals surface area contributed by atoms with Gasteiger partial charge in [0.2, 0.25) is 0 Å². The van der Waals surface area contributed by atoms with Crippen molar-refractivity contribution in [2.75, 3.05) is 18.2 Å². The number of hydrogen-bond acceptors (Lipinski definition) is 3. The molecule has 0 saturated carbocycles. The van der Waals surface area contributed by atoms with Crippen molar-refractivity contribution in [1.82, 2.24) is 10.2 Å². The fraction of sp³-hybridized carbons (Fsp3) is 0.778. The first-order valence-corrected chi connectivity index (χ1v) is 6.03. The van der Waals surface area contributed by atoms with Gasteiger partial charge >= 0.3 is 12.0 Å². The summed E-state index contributed by atoms with van der Waals surface area (Å²) in [6.45, 7) is 4.56. The van der Waals surface area contributed by atoms with E-state index in [0.29, 0.717) is 24.1 Å². The lowest BCUT2D eigenvalue weighted by Gasteiger charge is -2.21. The van der Waals surface area contributed by atoms with E-state index in [1.54, 1.807) is 0 Å². The molecule has 0 aromatic heterocycles. The zero-order chi connectivity index (χ0) is 11.4. The highest BCUT2D eigenvalue weighted by molar-refractivity contribution is 7.99. The van der Waals surface area contributed by atoms with Crippen molar-refractivity contribution in [1.29, 1.82) is 0 Å². The third-order valence-electron chi connectivity index (χ3n) is 2.09. The molecule has 1 aliphatic heterocycles. The normalized spacial score (nSPS) is 20.7. The van der Waals surface area contributed by atoms with Crippen molar-refractivity contribution in [3.8, 4) is 0 Å². The minimum Gasteiger partial charge on any atom is -0.480 e. The third-order valence-corrected chi connectivity index (χ3v) is 3.10. The van der Waals surface area contributed by atoms with Gasteiger partial charge < -0.3 is 15.3 Å². The Hall–Kier alpha value is -0.910. The highest BCUT2D eigenvalue weighted by Gasteiger charge is 2.34. The van der Waals surface area contributed by atoms with E-state index in [9.17, 15) is 9.59 Å². The smallest absolute Gasteiger partial charge is 0.327 e. The highest BCUT2D eigenvalue weighted by atomic mass is 32.2. The van der Waals surface area contributed by atoms with E-state index >= 15 is 0 Å². The van der Waals surface area contributed by atoms with E-state index in [4.69, 9.17) is 5.11 Å². The lowest BCUT2D eigenvalue weighted by molar-refractivity contribution is -0.140. The second-order valence-corrected chi connectivity index (χ2v) is 4.90. The van der Waals surface area contributed by atoms with Crippen molar-refractivity contribution < 1.29 is 14.7 Å². The van der Waals surface area contributed by atoms with Gasteiger partial charge in [-0.2, -0.15) is 0 Å². The first kappa shape index (κ1) is 12.2. The number of carbonyl (C=O) groups is 2. The standard InChI is InChI=1S/C9H16N2O3S/c1-6(2)3-10-9(14)11-5-15-4-7(11)8(12)13/h6-7H,3-5H2,1-2H3,(H,10,14)(H,12,13)/t7-/m0/s1. The molecule has 0 bridgehead atoms. The molecular weight excluding hydrogens is 216 g/mol. The number of hydrogen-bond donors (Lipinski definition) is 2. The Morgan fingerprint density at radius 1 is 1.60 bits per heavy atom. The average Bonchev–Trinajstić information content (AvgIpc) is 2.62. The molecule has 1 fully saturated rings. The van der Waals surface area contributed by atoms with Crippen molar-refractivity contribution in [3.63, 3.8) is 0 Å². The topological polar surface area (TPSA) is 69.6 Å². The molecular formula is C9H16N2O3S. The second-order valence-electron chi connectivity index (χ2n) is 3.90. The van der Waals surface area contributed by atoms with Crippen LogP contribution in [0.25, 0.3) is 0 Å². The van der Waals surface area contributed by atoms with Crippen LogP contribution in [-0.2, 0) is 4.79 Å². The lowest BCUT2D eigenvalue weighted by atomic mass is 10.2. The molecule has 6 heteroatoms. The van der Waals surface area contributed by atoms with Crippen LogP contribution in [0.5, 0.6) is 0 Å². The maximum atomic E-state index is 11.6. The van der Waals surface area contributed by atoms with Crippen molar-refractivity contribution in [3.05, 3.63) is 0 Å². The molecule has 1 aliphatic rings. The van der Waals surface area contributed by atoms with Crippen LogP contribution in [0.1, 0.15) is 13.8 Å². The van der Waals surface area contributed by atoms with E-state index in [1.165, 1.54) is 16.7 Å². The number of carboxylic acid groups (broad SMARTS) is 1. The van der Waals surface area contributed by atoms with Gasteiger partial charge in [-0.25, -0.2) is 9.59 Å². The fourth-order valence-corrected chi connectivity index (χ4v) is 2.39. The number of thioether (sulfide) groups is 1. The van der Waals surface area contributed by atoms with Gasteiger partial charge in [0.15, 0.2) is 0 Å². The van der Waals surface area contributed by atoms with Gasteiger partial charge in [0.1, 0.15) is 6.04 Å². The van der Waals surface area contributed by atoms with Crippen molar-refractivity contribution in [2.24, 2.45) is 5.92 Å². The number of amides is 2. The quantitative estimate of drug-likeness (QED) is 0.755. The van der Waals surface area contributed by atoms with Gasteiger partial charge in [0.05, 0.1) is 5.88 Å². The third kappa shape index (κ3) is 3.30. The Labute approximate surface area is 93.2 Å². The molecule has 0 aromatic rings. The van der Waals surface area contributed by atoms with Gasteiger partial charge in [-0.15, -0.1) is 11.8 Å². The summed E-state index contributed by atoms with van der Waals surface area (Å²) in [5.74, 6) is 0.373. The lowest BCUT2D eigenvalue weighted by Crippen LogP contribution is -2.47. The van der Waals surface area contributed by atoms with Crippen LogP contribution in [0.4, 0.5) is 4.79 Å². The minimum absolute atomic E-state index is 0.277. The first-order valence-electron chi connectivity index (χ1n) is 4.87. The van der Waals surface area contributed by atoms with Crippen LogP contribution in [0.15, 0.2) is 0 Å². The maximum Gasteiger partial charge on any atom is 0.327 e. The molecule has 0 unspecified atom stereocenters. The van der Waals surface area contributed by atoms with Crippen molar-refractivity contribution in [2.45, 2.75) is 19.9 Å². The monoisotopic (exact) mass is 232 g/mol. The molecule has 1 saturated heterocycles. The molecule has 86 valence electrons. The van der Waals surface area contributed by atoms with Crippen LogP contribution >= 0.6 is 11.8 Å². The van der Waals surface area contributed by atoms with E-state index in [0.717, 1.165) is 0 Å². The van der Waals surface area contributed by atoms with Crippen LogP contribution in [0.3, 0.4) is 0 Å². The molecule has 0 radical (unpaired) electrons. The molecule has 1 rings (SSSR count). The Morgan fingerprint density at radius 2 is 2.27 bits per heavy atom. The van der Waals surface area contributed by atoms with Gasteiger partial charge in [0, 0.05) is 12.3 Å². The number of urea groups is 1. The number of aliphatic carboxylic acids is 1. The summed E-state index contributed by atoms with van der Waals surface area (Å²) in [4.78, 5) is 23.8. The predicted molar refractivity (Wildman–Crippen MR) is 58.8 cm³/mol. The highest BCUT2D eigenvalue weighted by Crippen LogP contribution is 2.20. The number of nitrogens with zero attached hydrogens (tertiary/aromatic N) is 1. The van der Waals surface area contributed by atoms with Crippen LogP contribution in [0, 0.1) is 5.92 Å². The number of carboxylic acids is 1. The van der Waals surface area contributed by atoms with Crippen LogP contribution in [-0.4, -0.2) is 46.2 Å². The Balaban J connectivity index is 2.47. The number of nitrogens with one attached hydrogen (secondary N) is 1. The molecule has 1 atom stereocenters. The van der Waals surface area contributed by atoms with Crippen molar-refractivity contribution >= 4 is 23.8 Å². The van der Waals surface area contributed by atoms with Gasteiger partial charge in [-0.05, 0) is 5.92 Å². The first-order chi connectivity index (χ1) is 7.02. The second kappa shape index (κ2) is 5.25. The molecule has 0 aliphatic carbocycles. The Kier molecular flexibility index (Phi) is 4.26. The molecule has 2 amide bonds. The summed E-state index contributed by atoms with van der Waals surface area (Å²) in [6, 6.07) is -0.955.